The number of para-hydroxylation sites is 1. The fourth-order valence-corrected chi connectivity index (χ4v) is 6.42. The molecule has 2 saturated heterocycles. The zero-order chi connectivity index (χ0) is 24.3. The van der Waals surface area contributed by atoms with E-state index in [4.69, 9.17) is 9.26 Å². The Morgan fingerprint density at radius 3 is 2.75 bits per heavy atom. The first-order chi connectivity index (χ1) is 17.7. The van der Waals surface area contributed by atoms with Crippen molar-refractivity contribution in [2.45, 2.75) is 63.6 Å². The molecule has 7 nitrogen and oxygen atoms in total. The minimum atomic E-state index is 0.555. The van der Waals surface area contributed by atoms with E-state index in [0.717, 1.165) is 68.0 Å². The van der Waals surface area contributed by atoms with Gasteiger partial charge in [0, 0.05) is 63.0 Å². The van der Waals surface area contributed by atoms with Gasteiger partial charge in [0.2, 0.25) is 5.88 Å². The molecule has 2 atom stereocenters. The number of hydrogen-bond acceptors (Lipinski definition) is 7. The van der Waals surface area contributed by atoms with Gasteiger partial charge < -0.3 is 14.2 Å². The maximum atomic E-state index is 6.15. The molecule has 1 aliphatic carbocycles. The van der Waals surface area contributed by atoms with Crippen LogP contribution in [0.5, 0.6) is 5.88 Å². The number of pyridine rings is 1. The predicted octanol–water partition coefficient (Wildman–Crippen LogP) is 4.97. The summed E-state index contributed by atoms with van der Waals surface area (Å²) in [6.07, 6.45) is 11.2. The summed E-state index contributed by atoms with van der Waals surface area (Å²) in [7, 11) is 2.25. The number of aromatic nitrogens is 2. The number of ether oxygens (including phenoxy) is 1. The van der Waals surface area contributed by atoms with Gasteiger partial charge in [0.05, 0.1) is 12.0 Å². The molecule has 0 spiro atoms. The van der Waals surface area contributed by atoms with E-state index in [1.807, 2.05) is 18.3 Å². The highest BCUT2D eigenvalue weighted by Gasteiger charge is 2.34. The molecule has 1 saturated carbocycles. The molecule has 0 bridgehead atoms. The van der Waals surface area contributed by atoms with E-state index in [9.17, 15) is 0 Å². The molecule has 4 heterocycles. The molecule has 0 unspecified atom stereocenters. The molecular weight excluding hydrogens is 450 g/mol. The van der Waals surface area contributed by atoms with Gasteiger partial charge in [0.15, 0.2) is 11.4 Å². The number of fused-ring (bicyclic) bond motifs is 2. The number of piperazine rings is 1. The van der Waals surface area contributed by atoms with E-state index in [1.54, 1.807) is 0 Å². The first-order valence-corrected chi connectivity index (χ1v) is 13.8. The van der Waals surface area contributed by atoms with Crippen molar-refractivity contribution >= 4 is 16.8 Å². The second-order valence-electron chi connectivity index (χ2n) is 11.1. The molecule has 3 aliphatic rings. The van der Waals surface area contributed by atoms with Crippen LogP contribution in [-0.2, 0) is 6.54 Å². The molecule has 1 aromatic carbocycles. The molecule has 2 aromatic heterocycles. The minimum absolute atomic E-state index is 0.555. The van der Waals surface area contributed by atoms with Crippen LogP contribution in [0.25, 0.3) is 11.0 Å². The fourth-order valence-electron chi connectivity index (χ4n) is 6.42. The zero-order valence-corrected chi connectivity index (χ0v) is 21.5. The van der Waals surface area contributed by atoms with Crippen molar-refractivity contribution in [3.05, 3.63) is 48.2 Å². The van der Waals surface area contributed by atoms with Crippen LogP contribution in [0.2, 0.25) is 0 Å². The van der Waals surface area contributed by atoms with Crippen molar-refractivity contribution in [2.24, 2.45) is 5.92 Å². The average Bonchev–Trinajstić information content (AvgIpc) is 3.37. The van der Waals surface area contributed by atoms with Crippen molar-refractivity contribution in [2.75, 3.05) is 44.7 Å². The summed E-state index contributed by atoms with van der Waals surface area (Å²) in [5.41, 5.74) is 2.14. The highest BCUT2D eigenvalue weighted by molar-refractivity contribution is 5.88. The van der Waals surface area contributed by atoms with Crippen molar-refractivity contribution in [1.82, 2.24) is 19.9 Å². The van der Waals surface area contributed by atoms with Gasteiger partial charge in [-0.2, -0.15) is 0 Å². The topological polar surface area (TPSA) is 57.9 Å². The van der Waals surface area contributed by atoms with E-state index >= 15 is 0 Å². The Hall–Kier alpha value is -2.64. The molecule has 3 aromatic rings. The third kappa shape index (κ3) is 5.23. The monoisotopic (exact) mass is 489 g/mol. The lowest BCUT2D eigenvalue weighted by molar-refractivity contribution is 0.0716. The Bertz CT molecular complexity index is 1130. The highest BCUT2D eigenvalue weighted by Crippen LogP contribution is 2.31. The predicted molar refractivity (Wildman–Crippen MR) is 142 cm³/mol. The van der Waals surface area contributed by atoms with Crippen LogP contribution >= 0.6 is 0 Å². The normalized spacial score (nSPS) is 23.8. The maximum absolute atomic E-state index is 6.15. The Labute approximate surface area is 214 Å². The smallest absolute Gasteiger partial charge is 0.213 e. The van der Waals surface area contributed by atoms with Crippen molar-refractivity contribution in [3.63, 3.8) is 0 Å². The van der Waals surface area contributed by atoms with Gasteiger partial charge in [0.25, 0.3) is 0 Å². The average molecular weight is 490 g/mol. The second kappa shape index (κ2) is 10.8. The van der Waals surface area contributed by atoms with Crippen molar-refractivity contribution < 1.29 is 9.26 Å². The summed E-state index contributed by atoms with van der Waals surface area (Å²) in [6.45, 7) is 5.88. The minimum Gasteiger partial charge on any atom is -0.477 e. The number of rotatable bonds is 7. The summed E-state index contributed by atoms with van der Waals surface area (Å²) in [5, 5.41) is 5.50. The number of nitrogens with zero attached hydrogens (tertiary/aromatic N) is 5. The Morgan fingerprint density at radius 2 is 1.89 bits per heavy atom. The Balaban J connectivity index is 0.972. The lowest BCUT2D eigenvalue weighted by Crippen LogP contribution is -2.57. The van der Waals surface area contributed by atoms with E-state index < -0.39 is 0 Å². The van der Waals surface area contributed by atoms with Crippen molar-refractivity contribution in [3.8, 4) is 5.88 Å². The maximum Gasteiger partial charge on any atom is 0.213 e. The van der Waals surface area contributed by atoms with Crippen LogP contribution in [0, 0.1) is 5.92 Å². The quantitative estimate of drug-likeness (QED) is 0.465. The molecule has 0 radical (unpaired) electrons. The highest BCUT2D eigenvalue weighted by atomic mass is 16.5. The summed E-state index contributed by atoms with van der Waals surface area (Å²) in [4.78, 5) is 12.2. The molecule has 192 valence electrons. The summed E-state index contributed by atoms with van der Waals surface area (Å²) < 4.78 is 11.7. The molecular formula is C29H39N5O2. The third-order valence-corrected chi connectivity index (χ3v) is 8.56. The fraction of sp³-hybridized carbons (Fsp3) is 0.586. The first kappa shape index (κ1) is 23.7. The van der Waals surface area contributed by atoms with E-state index in [-0.39, 0.29) is 0 Å². The van der Waals surface area contributed by atoms with Gasteiger partial charge in [-0.3, -0.25) is 9.80 Å². The lowest BCUT2D eigenvalue weighted by atomic mass is 9.91. The van der Waals surface area contributed by atoms with Crippen LogP contribution in [0.1, 0.15) is 50.5 Å². The molecule has 36 heavy (non-hydrogen) atoms. The summed E-state index contributed by atoms with van der Waals surface area (Å²) in [6, 6.07) is 13.7. The SMILES string of the molecule is CN(Cc1ccc(OC[C@@H]2CC[C@@H]3CN(c4noc5ccccc45)CCN3C2)nc1)C1CCCCC1. The Morgan fingerprint density at radius 1 is 1.00 bits per heavy atom. The van der Waals surface area contributed by atoms with Crippen LogP contribution in [0.3, 0.4) is 0 Å². The van der Waals surface area contributed by atoms with E-state index in [2.05, 4.69) is 56.2 Å². The molecule has 0 amide bonds. The zero-order valence-electron chi connectivity index (χ0n) is 21.5. The number of hydrogen-bond donors (Lipinski definition) is 0. The second-order valence-corrected chi connectivity index (χ2v) is 11.1. The first-order valence-electron chi connectivity index (χ1n) is 13.8. The van der Waals surface area contributed by atoms with Crippen LogP contribution in [0.15, 0.2) is 47.1 Å². The summed E-state index contributed by atoms with van der Waals surface area (Å²) >= 11 is 0. The van der Waals surface area contributed by atoms with Crippen LogP contribution < -0.4 is 9.64 Å². The number of benzene rings is 1. The molecule has 0 N–H and O–H groups in total. The number of piperidine rings is 1. The van der Waals surface area contributed by atoms with Crippen LogP contribution in [-0.4, -0.2) is 71.9 Å². The van der Waals surface area contributed by atoms with Gasteiger partial charge in [0.1, 0.15) is 0 Å². The Kier molecular flexibility index (Phi) is 7.10. The lowest BCUT2D eigenvalue weighted by Gasteiger charge is -2.46. The van der Waals surface area contributed by atoms with Crippen LogP contribution in [0.4, 0.5) is 5.82 Å². The van der Waals surface area contributed by atoms with E-state index in [0.29, 0.717) is 12.0 Å². The largest absolute Gasteiger partial charge is 0.477 e. The van der Waals surface area contributed by atoms with E-state index in [1.165, 1.54) is 50.5 Å². The van der Waals surface area contributed by atoms with Crippen molar-refractivity contribution in [1.29, 1.82) is 0 Å². The molecule has 3 fully saturated rings. The van der Waals surface area contributed by atoms with Gasteiger partial charge in [-0.05, 0) is 50.4 Å². The molecule has 6 rings (SSSR count). The third-order valence-electron chi connectivity index (χ3n) is 8.56. The van der Waals surface area contributed by atoms with Gasteiger partial charge in [-0.1, -0.05) is 42.6 Å². The number of anilines is 1. The van der Waals surface area contributed by atoms with Gasteiger partial charge >= 0.3 is 0 Å². The van der Waals surface area contributed by atoms with Gasteiger partial charge in [-0.25, -0.2) is 4.98 Å². The summed E-state index contributed by atoms with van der Waals surface area (Å²) in [5.74, 6) is 2.30. The van der Waals surface area contributed by atoms with Gasteiger partial charge in [-0.15, -0.1) is 0 Å². The molecule has 7 heteroatoms. The standard InChI is InChI=1S/C29H39N5O2/c1-32(24-7-3-2-4-8-24)18-22-12-14-28(30-17-22)35-21-23-11-13-25-20-34(16-15-33(25)19-23)29-26-9-5-6-10-27(26)36-31-29/h5-6,9-10,12,14,17,23-25H,2-4,7-8,11,13,15-16,18-21H2,1H3/t23-,25-/m1/s1. The molecule has 2 aliphatic heterocycles.